The van der Waals surface area contributed by atoms with Crippen LogP contribution in [0.1, 0.15) is 50.7 Å². The molecule has 2 aromatic carbocycles. The van der Waals surface area contributed by atoms with Gasteiger partial charge in [-0.15, -0.1) is 24.8 Å². The van der Waals surface area contributed by atoms with Crippen molar-refractivity contribution >= 4 is 36.9 Å². The van der Waals surface area contributed by atoms with E-state index in [0.717, 1.165) is 36.7 Å². The molecule has 0 bridgehead atoms. The monoisotopic (exact) mass is 536 g/mol. The smallest absolute Gasteiger partial charge is 0.328 e. The van der Waals surface area contributed by atoms with E-state index in [2.05, 4.69) is 55.0 Å². The number of rotatable bonds is 5. The van der Waals surface area contributed by atoms with Gasteiger partial charge in [-0.2, -0.15) is 0 Å². The summed E-state index contributed by atoms with van der Waals surface area (Å²) in [6, 6.07) is 20.1. The average Bonchev–Trinajstić information content (AvgIpc) is 2.84. The van der Waals surface area contributed by atoms with Gasteiger partial charge >= 0.3 is 5.97 Å². The van der Waals surface area contributed by atoms with Crippen molar-refractivity contribution in [2.24, 2.45) is 5.41 Å². The topological polar surface area (TPSA) is 64.0 Å². The normalized spacial score (nSPS) is 26.7. The molecule has 3 atom stereocenters. The minimum Gasteiger partial charge on any atom is -0.478 e. The molecule has 2 aliphatic heterocycles. The first-order valence-electron chi connectivity index (χ1n) is 12.4. The molecule has 7 heteroatoms. The second kappa shape index (κ2) is 14.7. The molecular weight excluding hydrogens is 495 g/mol. The van der Waals surface area contributed by atoms with Crippen molar-refractivity contribution in [1.29, 1.82) is 0 Å². The Balaban J connectivity index is 0.000000425. The quantitative estimate of drug-likeness (QED) is 0.478. The van der Waals surface area contributed by atoms with Crippen LogP contribution in [0.25, 0.3) is 6.08 Å². The number of aliphatic hydroxyl groups is 1. The highest BCUT2D eigenvalue weighted by Gasteiger charge is 2.53. The largest absolute Gasteiger partial charge is 0.478 e. The Morgan fingerprint density at radius 2 is 1.56 bits per heavy atom. The highest BCUT2D eigenvalue weighted by molar-refractivity contribution is 5.86. The molecule has 0 aromatic heterocycles. The van der Waals surface area contributed by atoms with Crippen LogP contribution in [0, 0.1) is 5.41 Å². The predicted octanol–water partition coefficient (Wildman–Crippen LogP) is 5.72. The van der Waals surface area contributed by atoms with E-state index in [4.69, 9.17) is 5.11 Å². The molecule has 2 fully saturated rings. The summed E-state index contributed by atoms with van der Waals surface area (Å²) in [4.78, 5) is 15.1. The summed E-state index contributed by atoms with van der Waals surface area (Å²) in [5.74, 6) is -0.922. The highest BCUT2D eigenvalue weighted by atomic mass is 35.5. The summed E-state index contributed by atoms with van der Waals surface area (Å²) in [7, 11) is 2.20. The Morgan fingerprint density at radius 1 is 1.00 bits per heavy atom. The summed E-state index contributed by atoms with van der Waals surface area (Å²) < 4.78 is 0. The number of carboxylic acid groups (broad SMARTS) is 1. The Hall–Kier alpha value is -1.89. The number of piperidine rings is 2. The number of aliphatic carboxylic acids is 1. The van der Waals surface area contributed by atoms with E-state index < -0.39 is 11.6 Å². The second-order valence-electron chi connectivity index (χ2n) is 10.2. The zero-order valence-electron chi connectivity index (χ0n) is 21.7. The minimum absolute atomic E-state index is 0. The minimum atomic E-state index is -0.922. The third kappa shape index (κ3) is 8.32. The molecular formula is C29H42Cl2N2O3. The lowest BCUT2D eigenvalue weighted by Gasteiger charge is -2.55. The SMILES string of the molecule is CC1CC(O)(c2ccccc2)C(C)(CN2CCCCC2)CN1C.Cl.Cl.O=C(O)/C=C/c1ccccc1. The maximum absolute atomic E-state index is 11.8. The third-order valence-electron chi connectivity index (χ3n) is 7.43. The molecule has 2 aromatic rings. The first kappa shape index (κ1) is 32.1. The van der Waals surface area contributed by atoms with Crippen LogP contribution in [0.5, 0.6) is 0 Å². The van der Waals surface area contributed by atoms with Gasteiger partial charge in [0.1, 0.15) is 0 Å². The van der Waals surface area contributed by atoms with E-state index in [-0.39, 0.29) is 30.2 Å². The van der Waals surface area contributed by atoms with Crippen molar-refractivity contribution in [3.05, 3.63) is 77.9 Å². The number of carbonyl (C=O) groups is 1. The molecule has 0 amide bonds. The van der Waals surface area contributed by atoms with Crippen LogP contribution in [0.2, 0.25) is 0 Å². The Morgan fingerprint density at radius 3 is 2.11 bits per heavy atom. The number of nitrogens with zero attached hydrogens (tertiary/aromatic N) is 2. The van der Waals surface area contributed by atoms with Crippen LogP contribution in [0.15, 0.2) is 66.7 Å². The Bertz CT molecular complexity index is 938. The molecule has 200 valence electrons. The van der Waals surface area contributed by atoms with Gasteiger partial charge in [-0.25, -0.2) is 4.79 Å². The summed E-state index contributed by atoms with van der Waals surface area (Å²) in [5.41, 5.74) is 1.08. The van der Waals surface area contributed by atoms with E-state index in [1.165, 1.54) is 32.4 Å². The van der Waals surface area contributed by atoms with Crippen molar-refractivity contribution in [3.8, 4) is 0 Å². The second-order valence-corrected chi connectivity index (χ2v) is 10.2. The van der Waals surface area contributed by atoms with Gasteiger partial charge in [0.05, 0.1) is 5.60 Å². The standard InChI is InChI=1S/C20H32N2O.C9H8O2.2ClH/c1-17-14-20(23,18-10-6-4-7-11-18)19(2,15-21(17)3)16-22-12-8-5-9-13-22;10-9(11)7-6-8-4-2-1-3-5-8;;/h4,6-7,10-11,17,23H,5,8-9,12-16H2,1-3H3;1-7H,(H,10,11);2*1H/b;7-6+;;. The highest BCUT2D eigenvalue weighted by Crippen LogP contribution is 2.48. The van der Waals surface area contributed by atoms with Crippen molar-refractivity contribution in [2.45, 2.75) is 51.2 Å². The number of hydrogen-bond donors (Lipinski definition) is 2. The maximum atomic E-state index is 11.8. The van der Waals surface area contributed by atoms with Gasteiger partial charge in [-0.05, 0) is 63.5 Å². The van der Waals surface area contributed by atoms with Gasteiger partial charge in [-0.3, -0.25) is 0 Å². The summed E-state index contributed by atoms with van der Waals surface area (Å²) >= 11 is 0. The zero-order chi connectivity index (χ0) is 24.6. The summed E-state index contributed by atoms with van der Waals surface area (Å²) in [6.45, 7) is 8.80. The number of benzene rings is 2. The fourth-order valence-corrected chi connectivity index (χ4v) is 5.37. The molecule has 0 saturated carbocycles. The molecule has 2 N–H and O–H groups in total. The van der Waals surface area contributed by atoms with E-state index in [9.17, 15) is 9.90 Å². The van der Waals surface area contributed by atoms with Gasteiger partial charge in [0.2, 0.25) is 0 Å². The van der Waals surface area contributed by atoms with Gasteiger partial charge < -0.3 is 20.0 Å². The molecule has 0 aliphatic carbocycles. The van der Waals surface area contributed by atoms with Crippen LogP contribution in [-0.4, -0.2) is 65.3 Å². The van der Waals surface area contributed by atoms with E-state index in [1.54, 1.807) is 6.08 Å². The van der Waals surface area contributed by atoms with E-state index >= 15 is 0 Å². The number of likely N-dealkylation sites (tertiary alicyclic amines) is 2. The fourth-order valence-electron chi connectivity index (χ4n) is 5.37. The predicted molar refractivity (Wildman–Crippen MR) is 153 cm³/mol. The van der Waals surface area contributed by atoms with E-state index in [1.807, 2.05) is 36.4 Å². The van der Waals surface area contributed by atoms with Crippen molar-refractivity contribution in [1.82, 2.24) is 9.80 Å². The van der Waals surface area contributed by atoms with Gasteiger partial charge in [0, 0.05) is 30.6 Å². The molecule has 0 spiro atoms. The van der Waals surface area contributed by atoms with Crippen LogP contribution in [-0.2, 0) is 10.4 Å². The first-order chi connectivity index (χ1) is 16.2. The number of carboxylic acids is 1. The lowest BCUT2D eigenvalue weighted by molar-refractivity contribution is -0.155. The van der Waals surface area contributed by atoms with Gasteiger partial charge in [0.15, 0.2) is 0 Å². The fraction of sp³-hybridized carbons (Fsp3) is 0.483. The molecule has 4 rings (SSSR count). The molecule has 36 heavy (non-hydrogen) atoms. The Kier molecular flexibility index (Phi) is 13.2. The zero-order valence-corrected chi connectivity index (χ0v) is 23.3. The van der Waals surface area contributed by atoms with Crippen LogP contribution >= 0.6 is 24.8 Å². The molecule has 5 nitrogen and oxygen atoms in total. The van der Waals surface area contributed by atoms with Gasteiger partial charge in [-0.1, -0.05) is 74.0 Å². The lowest BCUT2D eigenvalue weighted by Crippen LogP contribution is -2.62. The number of hydrogen-bond acceptors (Lipinski definition) is 4. The molecule has 3 unspecified atom stereocenters. The Labute approximate surface area is 229 Å². The van der Waals surface area contributed by atoms with Crippen molar-refractivity contribution < 1.29 is 15.0 Å². The van der Waals surface area contributed by atoms with Crippen LogP contribution in [0.4, 0.5) is 0 Å². The van der Waals surface area contributed by atoms with Crippen molar-refractivity contribution in [3.63, 3.8) is 0 Å². The average molecular weight is 538 g/mol. The first-order valence-corrected chi connectivity index (χ1v) is 12.4. The van der Waals surface area contributed by atoms with Crippen LogP contribution < -0.4 is 0 Å². The lowest BCUT2D eigenvalue weighted by atomic mass is 9.63. The molecule has 2 heterocycles. The third-order valence-corrected chi connectivity index (χ3v) is 7.43. The maximum Gasteiger partial charge on any atom is 0.328 e. The number of halogens is 2. The van der Waals surface area contributed by atoms with Gasteiger partial charge in [0.25, 0.3) is 0 Å². The molecule has 0 radical (unpaired) electrons. The molecule has 2 saturated heterocycles. The summed E-state index contributed by atoms with van der Waals surface area (Å²) in [5, 5.41) is 20.1. The summed E-state index contributed by atoms with van der Waals surface area (Å²) in [6.07, 6.45) is 7.43. The van der Waals surface area contributed by atoms with Crippen LogP contribution in [0.3, 0.4) is 0 Å². The van der Waals surface area contributed by atoms with E-state index in [0.29, 0.717) is 6.04 Å². The van der Waals surface area contributed by atoms with Crippen molar-refractivity contribution in [2.75, 3.05) is 33.2 Å². The molecule has 2 aliphatic rings.